The van der Waals surface area contributed by atoms with Gasteiger partial charge in [0.1, 0.15) is 5.69 Å². The molecular formula is C11H10F2N4O2. The molecule has 2 aromatic rings. The van der Waals surface area contributed by atoms with Gasteiger partial charge in [0, 0.05) is 25.0 Å². The molecule has 2 heterocycles. The van der Waals surface area contributed by atoms with Crippen molar-refractivity contribution in [2.75, 3.05) is 5.32 Å². The normalized spacial score (nSPS) is 15.5. The van der Waals surface area contributed by atoms with E-state index in [-0.39, 0.29) is 11.5 Å². The molecule has 1 aliphatic rings. The molecule has 0 saturated heterocycles. The summed E-state index contributed by atoms with van der Waals surface area (Å²) < 4.78 is 35.9. The molecule has 0 fully saturated rings. The SMILES string of the molecule is Cn1cc(CNc2ccc3c(c2)OC(F)(F)O3)nn1. The van der Waals surface area contributed by atoms with Crippen molar-refractivity contribution < 1.29 is 18.3 Å². The summed E-state index contributed by atoms with van der Waals surface area (Å²) in [6.45, 7) is 0.434. The highest BCUT2D eigenvalue weighted by Gasteiger charge is 2.43. The molecular weight excluding hydrogens is 258 g/mol. The number of rotatable bonds is 3. The number of fused-ring (bicyclic) bond motifs is 1. The molecule has 0 radical (unpaired) electrons. The summed E-state index contributed by atoms with van der Waals surface area (Å²) in [5, 5.41) is 10.7. The van der Waals surface area contributed by atoms with Crippen LogP contribution in [0.3, 0.4) is 0 Å². The fraction of sp³-hybridized carbons (Fsp3) is 0.273. The summed E-state index contributed by atoms with van der Waals surface area (Å²) in [6.07, 6.45) is -1.83. The van der Waals surface area contributed by atoms with Gasteiger partial charge in [-0.05, 0) is 12.1 Å². The maximum absolute atomic E-state index is 12.8. The van der Waals surface area contributed by atoms with Crippen LogP contribution in [0.25, 0.3) is 0 Å². The third-order valence-electron chi connectivity index (χ3n) is 2.53. The maximum Gasteiger partial charge on any atom is 0.586 e. The molecule has 0 spiro atoms. The van der Waals surface area contributed by atoms with Crippen molar-refractivity contribution >= 4 is 5.69 Å². The van der Waals surface area contributed by atoms with Gasteiger partial charge in [-0.25, -0.2) is 0 Å². The number of benzene rings is 1. The van der Waals surface area contributed by atoms with Crippen molar-refractivity contribution in [3.8, 4) is 11.5 Å². The summed E-state index contributed by atoms with van der Waals surface area (Å²) in [4.78, 5) is 0. The highest BCUT2D eigenvalue weighted by molar-refractivity contribution is 5.55. The van der Waals surface area contributed by atoms with E-state index in [4.69, 9.17) is 0 Å². The van der Waals surface area contributed by atoms with E-state index in [9.17, 15) is 8.78 Å². The number of ether oxygens (including phenoxy) is 2. The molecule has 6 nitrogen and oxygen atoms in total. The van der Waals surface area contributed by atoms with Crippen molar-refractivity contribution in [3.63, 3.8) is 0 Å². The second-order valence-electron chi connectivity index (χ2n) is 4.07. The molecule has 0 aliphatic carbocycles. The number of alkyl halides is 2. The first-order valence-corrected chi connectivity index (χ1v) is 5.51. The highest BCUT2D eigenvalue weighted by atomic mass is 19.3. The number of hydrogen-bond donors (Lipinski definition) is 1. The lowest BCUT2D eigenvalue weighted by Gasteiger charge is -2.05. The molecule has 0 unspecified atom stereocenters. The van der Waals surface area contributed by atoms with Crippen molar-refractivity contribution in [3.05, 3.63) is 30.1 Å². The first kappa shape index (κ1) is 11.7. The molecule has 0 saturated carbocycles. The Hall–Kier alpha value is -2.38. The van der Waals surface area contributed by atoms with E-state index in [1.54, 1.807) is 24.0 Å². The van der Waals surface area contributed by atoms with E-state index >= 15 is 0 Å². The summed E-state index contributed by atoms with van der Waals surface area (Å²) in [5.41, 5.74) is 1.37. The molecule has 0 bridgehead atoms. The minimum Gasteiger partial charge on any atom is -0.395 e. The number of nitrogens with one attached hydrogen (secondary N) is 1. The summed E-state index contributed by atoms with van der Waals surface area (Å²) >= 11 is 0. The fourth-order valence-corrected chi connectivity index (χ4v) is 1.73. The van der Waals surface area contributed by atoms with Gasteiger partial charge in [-0.15, -0.1) is 13.9 Å². The molecule has 8 heteroatoms. The lowest BCUT2D eigenvalue weighted by Crippen LogP contribution is -2.25. The van der Waals surface area contributed by atoms with E-state index in [1.165, 1.54) is 12.1 Å². The molecule has 19 heavy (non-hydrogen) atoms. The number of anilines is 1. The molecule has 0 atom stereocenters. The van der Waals surface area contributed by atoms with Crippen LogP contribution in [0.5, 0.6) is 11.5 Å². The Morgan fingerprint density at radius 2 is 2.11 bits per heavy atom. The summed E-state index contributed by atoms with van der Waals surface area (Å²) in [5.74, 6) is 0.0317. The van der Waals surface area contributed by atoms with Crippen LogP contribution in [-0.4, -0.2) is 21.3 Å². The van der Waals surface area contributed by atoms with E-state index in [0.29, 0.717) is 12.2 Å². The smallest absolute Gasteiger partial charge is 0.395 e. The predicted molar refractivity (Wildman–Crippen MR) is 61.0 cm³/mol. The number of aryl methyl sites for hydroxylation is 1. The fourth-order valence-electron chi connectivity index (χ4n) is 1.73. The largest absolute Gasteiger partial charge is 0.586 e. The average Bonchev–Trinajstić information content (AvgIpc) is 2.87. The van der Waals surface area contributed by atoms with Crippen LogP contribution in [0.4, 0.5) is 14.5 Å². The second kappa shape index (κ2) is 4.08. The molecule has 1 aromatic heterocycles. The van der Waals surface area contributed by atoms with Gasteiger partial charge in [-0.2, -0.15) is 0 Å². The second-order valence-corrected chi connectivity index (χ2v) is 4.07. The standard InChI is InChI=1S/C11H10F2N4O2/c1-17-6-8(15-16-17)5-14-7-2-3-9-10(4-7)19-11(12,13)18-9/h2-4,6,14H,5H2,1H3. The Morgan fingerprint density at radius 1 is 1.32 bits per heavy atom. The minimum atomic E-state index is -3.59. The zero-order chi connectivity index (χ0) is 13.5. The van der Waals surface area contributed by atoms with Crippen LogP contribution in [0.15, 0.2) is 24.4 Å². The van der Waals surface area contributed by atoms with E-state index in [0.717, 1.165) is 5.69 Å². The van der Waals surface area contributed by atoms with Gasteiger partial charge in [-0.3, -0.25) is 4.68 Å². The van der Waals surface area contributed by atoms with Gasteiger partial charge in [-0.1, -0.05) is 5.21 Å². The third-order valence-corrected chi connectivity index (χ3v) is 2.53. The Kier molecular flexibility index (Phi) is 2.51. The van der Waals surface area contributed by atoms with Gasteiger partial charge in [0.05, 0.1) is 6.54 Å². The highest BCUT2D eigenvalue weighted by Crippen LogP contribution is 2.42. The molecule has 3 rings (SSSR count). The first-order chi connectivity index (χ1) is 9.02. The molecule has 0 amide bonds. The van der Waals surface area contributed by atoms with Crippen LogP contribution < -0.4 is 14.8 Å². The monoisotopic (exact) mass is 268 g/mol. The number of hydrogen-bond acceptors (Lipinski definition) is 5. The zero-order valence-electron chi connectivity index (χ0n) is 9.93. The first-order valence-electron chi connectivity index (χ1n) is 5.51. The lowest BCUT2D eigenvalue weighted by atomic mass is 10.2. The molecule has 100 valence electrons. The number of aromatic nitrogens is 3. The van der Waals surface area contributed by atoms with Crippen LogP contribution in [0, 0.1) is 0 Å². The zero-order valence-corrected chi connectivity index (χ0v) is 9.93. The van der Waals surface area contributed by atoms with Crippen molar-refractivity contribution in [2.45, 2.75) is 12.8 Å². The molecule has 1 aliphatic heterocycles. The Morgan fingerprint density at radius 3 is 2.84 bits per heavy atom. The third kappa shape index (κ3) is 2.42. The number of halogens is 2. The van der Waals surface area contributed by atoms with E-state index < -0.39 is 6.29 Å². The summed E-state index contributed by atoms with van der Waals surface area (Å²) in [7, 11) is 1.76. The molecule has 1 aromatic carbocycles. The Labute approximate surface area is 106 Å². The van der Waals surface area contributed by atoms with Gasteiger partial charge in [0.25, 0.3) is 0 Å². The van der Waals surface area contributed by atoms with Crippen molar-refractivity contribution in [2.24, 2.45) is 7.05 Å². The average molecular weight is 268 g/mol. The van der Waals surface area contributed by atoms with Gasteiger partial charge < -0.3 is 14.8 Å². The predicted octanol–water partition coefficient (Wildman–Crippen LogP) is 1.75. The van der Waals surface area contributed by atoms with E-state index in [2.05, 4.69) is 25.1 Å². The lowest BCUT2D eigenvalue weighted by molar-refractivity contribution is -0.286. The van der Waals surface area contributed by atoms with Gasteiger partial charge in [0.2, 0.25) is 0 Å². The van der Waals surface area contributed by atoms with Crippen LogP contribution in [-0.2, 0) is 13.6 Å². The quantitative estimate of drug-likeness (QED) is 0.918. The minimum absolute atomic E-state index is 0.00847. The Bertz CT molecular complexity index is 614. The van der Waals surface area contributed by atoms with Crippen LogP contribution in [0.1, 0.15) is 5.69 Å². The van der Waals surface area contributed by atoms with E-state index in [1.807, 2.05) is 0 Å². The van der Waals surface area contributed by atoms with Crippen molar-refractivity contribution in [1.82, 2.24) is 15.0 Å². The molecule has 1 N–H and O–H groups in total. The van der Waals surface area contributed by atoms with Gasteiger partial charge >= 0.3 is 6.29 Å². The number of nitrogens with zero attached hydrogens (tertiary/aromatic N) is 3. The van der Waals surface area contributed by atoms with Crippen LogP contribution in [0.2, 0.25) is 0 Å². The van der Waals surface area contributed by atoms with Crippen molar-refractivity contribution in [1.29, 1.82) is 0 Å². The Balaban J connectivity index is 1.70. The van der Waals surface area contributed by atoms with Gasteiger partial charge in [0.15, 0.2) is 11.5 Å². The summed E-state index contributed by atoms with van der Waals surface area (Å²) in [6, 6.07) is 4.50. The maximum atomic E-state index is 12.8. The van der Waals surface area contributed by atoms with Crippen LogP contribution >= 0.6 is 0 Å². The topological polar surface area (TPSA) is 61.2 Å².